The molecule has 0 saturated carbocycles. The van der Waals surface area contributed by atoms with E-state index in [0.717, 1.165) is 0 Å². The number of hydrogen-bond donors (Lipinski definition) is 0. The number of hydrogen-bond acceptors (Lipinski definition) is 2. The molecule has 0 atom stereocenters. The lowest BCUT2D eigenvalue weighted by Gasteiger charge is -1.93. The van der Waals surface area contributed by atoms with Gasteiger partial charge < -0.3 is 4.57 Å². The third-order valence-electron chi connectivity index (χ3n) is 1.48. The van der Waals surface area contributed by atoms with Crippen LogP contribution < -0.4 is 0 Å². The Balaban J connectivity index is 3.59. The van der Waals surface area contributed by atoms with E-state index in [2.05, 4.69) is 31.9 Å². The summed E-state index contributed by atoms with van der Waals surface area (Å²) in [6.45, 7) is 0. The first kappa shape index (κ1) is 9.31. The summed E-state index contributed by atoms with van der Waals surface area (Å²) in [5.41, 5.74) is 0.896. The molecule has 1 aromatic rings. The average Bonchev–Trinajstić information content (AvgIpc) is 2.25. The number of aromatic nitrogens is 1. The van der Waals surface area contributed by atoms with E-state index in [1.165, 1.54) is 0 Å². The Labute approximate surface area is 86.5 Å². The van der Waals surface area contributed by atoms with Gasteiger partial charge in [-0.3, -0.25) is 0 Å². The maximum absolute atomic E-state index is 8.70. The van der Waals surface area contributed by atoms with Gasteiger partial charge in [-0.1, -0.05) is 0 Å². The molecular formula is C7H3Br2N3. The van der Waals surface area contributed by atoms with Crippen LogP contribution in [-0.4, -0.2) is 4.57 Å². The van der Waals surface area contributed by atoms with Gasteiger partial charge in [0, 0.05) is 7.05 Å². The molecule has 0 aliphatic carbocycles. The Hall–Kier alpha value is -0.780. The SMILES string of the molecule is Cn1c(Br)c(C#N)c(Br)c1C#N. The third-order valence-corrected chi connectivity index (χ3v) is 3.18. The molecule has 0 aliphatic heterocycles. The Morgan fingerprint density at radius 1 is 1.25 bits per heavy atom. The molecule has 0 amide bonds. The second kappa shape index (κ2) is 3.30. The van der Waals surface area contributed by atoms with Gasteiger partial charge in [-0.2, -0.15) is 10.5 Å². The molecule has 0 unspecified atom stereocenters. The predicted octanol–water partition coefficient (Wildman–Crippen LogP) is 2.29. The van der Waals surface area contributed by atoms with Crippen LogP contribution in [0.1, 0.15) is 11.3 Å². The second-order valence-corrected chi connectivity index (χ2v) is 3.66. The zero-order chi connectivity index (χ0) is 9.30. The van der Waals surface area contributed by atoms with Crippen LogP contribution in [-0.2, 0) is 7.05 Å². The molecule has 60 valence electrons. The summed E-state index contributed by atoms with van der Waals surface area (Å²) in [6.07, 6.45) is 0. The van der Waals surface area contributed by atoms with Crippen molar-refractivity contribution in [3.05, 3.63) is 20.3 Å². The lowest BCUT2D eigenvalue weighted by atomic mass is 10.3. The van der Waals surface area contributed by atoms with E-state index in [-0.39, 0.29) is 0 Å². The summed E-state index contributed by atoms with van der Waals surface area (Å²) in [5, 5.41) is 17.4. The number of nitrogens with zero attached hydrogens (tertiary/aromatic N) is 3. The first-order chi connectivity index (χ1) is 5.63. The fourth-order valence-corrected chi connectivity index (χ4v) is 2.20. The van der Waals surface area contributed by atoms with Gasteiger partial charge in [-0.15, -0.1) is 0 Å². The molecule has 0 bridgehead atoms. The van der Waals surface area contributed by atoms with Crippen molar-refractivity contribution in [1.29, 1.82) is 10.5 Å². The molecule has 0 fully saturated rings. The maximum Gasteiger partial charge on any atom is 0.136 e. The highest BCUT2D eigenvalue weighted by Gasteiger charge is 2.16. The van der Waals surface area contributed by atoms with E-state index in [1.54, 1.807) is 11.6 Å². The van der Waals surface area contributed by atoms with E-state index in [9.17, 15) is 0 Å². The van der Waals surface area contributed by atoms with Gasteiger partial charge in [0.1, 0.15) is 22.4 Å². The van der Waals surface area contributed by atoms with Gasteiger partial charge in [0.15, 0.2) is 0 Å². The van der Waals surface area contributed by atoms with E-state index in [4.69, 9.17) is 10.5 Å². The van der Waals surface area contributed by atoms with Crippen LogP contribution in [0.5, 0.6) is 0 Å². The quantitative estimate of drug-likeness (QED) is 0.735. The highest BCUT2D eigenvalue weighted by atomic mass is 79.9. The van der Waals surface area contributed by atoms with Crippen LogP contribution in [0.3, 0.4) is 0 Å². The van der Waals surface area contributed by atoms with Gasteiger partial charge in [0.25, 0.3) is 0 Å². The smallest absolute Gasteiger partial charge is 0.136 e. The van der Waals surface area contributed by atoms with E-state index in [0.29, 0.717) is 20.3 Å². The second-order valence-electron chi connectivity index (χ2n) is 2.11. The summed E-state index contributed by atoms with van der Waals surface area (Å²) in [7, 11) is 1.72. The van der Waals surface area contributed by atoms with Crippen molar-refractivity contribution in [3.8, 4) is 12.1 Å². The van der Waals surface area contributed by atoms with Crippen molar-refractivity contribution in [2.24, 2.45) is 7.05 Å². The minimum Gasteiger partial charge on any atom is -0.328 e. The maximum atomic E-state index is 8.70. The van der Waals surface area contributed by atoms with E-state index in [1.807, 2.05) is 12.1 Å². The topological polar surface area (TPSA) is 52.5 Å². The van der Waals surface area contributed by atoms with Gasteiger partial charge in [-0.05, 0) is 31.9 Å². The Morgan fingerprint density at radius 3 is 2.08 bits per heavy atom. The minimum absolute atomic E-state index is 0.443. The van der Waals surface area contributed by atoms with Crippen molar-refractivity contribution < 1.29 is 0 Å². The number of rotatable bonds is 0. The van der Waals surface area contributed by atoms with Crippen LogP contribution >= 0.6 is 31.9 Å². The van der Waals surface area contributed by atoms with Gasteiger partial charge >= 0.3 is 0 Å². The molecule has 0 spiro atoms. The third kappa shape index (κ3) is 1.16. The lowest BCUT2D eigenvalue weighted by Crippen LogP contribution is -1.91. The molecule has 0 saturated heterocycles. The number of halogens is 2. The molecule has 3 nitrogen and oxygen atoms in total. The fourth-order valence-electron chi connectivity index (χ4n) is 0.841. The Bertz CT molecular complexity index is 368. The normalized spacial score (nSPS) is 9.08. The van der Waals surface area contributed by atoms with Crippen LogP contribution in [0.25, 0.3) is 0 Å². The first-order valence-electron chi connectivity index (χ1n) is 2.97. The lowest BCUT2D eigenvalue weighted by molar-refractivity contribution is 0.880. The molecular weight excluding hydrogens is 286 g/mol. The van der Waals surface area contributed by atoms with Crippen LogP contribution in [0.2, 0.25) is 0 Å². The zero-order valence-corrected chi connectivity index (χ0v) is 9.27. The fraction of sp³-hybridized carbons (Fsp3) is 0.143. The zero-order valence-electron chi connectivity index (χ0n) is 6.10. The highest BCUT2D eigenvalue weighted by Crippen LogP contribution is 2.29. The van der Waals surface area contributed by atoms with E-state index >= 15 is 0 Å². The van der Waals surface area contributed by atoms with Crippen LogP contribution in [0.15, 0.2) is 9.08 Å². The van der Waals surface area contributed by atoms with Crippen LogP contribution in [0.4, 0.5) is 0 Å². The summed E-state index contributed by atoms with van der Waals surface area (Å²) < 4.78 is 2.78. The molecule has 1 aromatic heterocycles. The van der Waals surface area contributed by atoms with Crippen molar-refractivity contribution in [2.75, 3.05) is 0 Å². The van der Waals surface area contributed by atoms with Crippen molar-refractivity contribution in [2.45, 2.75) is 0 Å². The van der Waals surface area contributed by atoms with Gasteiger partial charge in [-0.25, -0.2) is 0 Å². The monoisotopic (exact) mass is 287 g/mol. The predicted molar refractivity (Wildman–Crippen MR) is 50.2 cm³/mol. The summed E-state index contributed by atoms with van der Waals surface area (Å²) in [5.74, 6) is 0. The molecule has 0 N–H and O–H groups in total. The van der Waals surface area contributed by atoms with Gasteiger partial charge in [0.05, 0.1) is 10.0 Å². The van der Waals surface area contributed by atoms with Crippen molar-refractivity contribution >= 4 is 31.9 Å². The summed E-state index contributed by atoms with van der Waals surface area (Å²) in [6, 6.07) is 3.99. The molecule has 12 heavy (non-hydrogen) atoms. The molecule has 0 radical (unpaired) electrons. The van der Waals surface area contributed by atoms with Crippen molar-refractivity contribution in [3.63, 3.8) is 0 Å². The molecule has 5 heteroatoms. The van der Waals surface area contributed by atoms with Crippen molar-refractivity contribution in [1.82, 2.24) is 4.57 Å². The molecule has 0 aliphatic rings. The Morgan fingerprint density at radius 2 is 1.83 bits per heavy atom. The molecule has 1 rings (SSSR count). The molecule has 0 aromatic carbocycles. The minimum atomic E-state index is 0.443. The highest BCUT2D eigenvalue weighted by molar-refractivity contribution is 9.11. The summed E-state index contributed by atoms with van der Waals surface area (Å²) >= 11 is 6.39. The van der Waals surface area contributed by atoms with Gasteiger partial charge in [0.2, 0.25) is 0 Å². The summed E-state index contributed by atoms with van der Waals surface area (Å²) in [4.78, 5) is 0. The average molecular weight is 289 g/mol. The molecule has 1 heterocycles. The van der Waals surface area contributed by atoms with E-state index < -0.39 is 0 Å². The number of nitriles is 2. The first-order valence-corrected chi connectivity index (χ1v) is 4.56. The largest absolute Gasteiger partial charge is 0.328 e. The van der Waals surface area contributed by atoms with Crippen LogP contribution in [0, 0.1) is 22.7 Å². The standard InChI is InChI=1S/C7H3Br2N3/c1-12-5(3-11)6(8)4(2-10)7(12)9/h1H3. The Kier molecular flexibility index (Phi) is 2.56.